The van der Waals surface area contributed by atoms with Crippen molar-refractivity contribution in [1.82, 2.24) is 19.7 Å². The SMILES string of the molecule is O=C(CCS(=O)(=O)C1CCCC1)Nc1cccnc1-n1cncn1. The molecular formula is C15H19N5O3S. The van der Waals surface area contributed by atoms with Crippen LogP contribution < -0.4 is 5.32 Å². The monoisotopic (exact) mass is 349 g/mol. The molecule has 0 saturated heterocycles. The summed E-state index contributed by atoms with van der Waals surface area (Å²) < 4.78 is 25.9. The van der Waals surface area contributed by atoms with Crippen LogP contribution in [0.15, 0.2) is 31.0 Å². The van der Waals surface area contributed by atoms with Crippen LogP contribution in [0.1, 0.15) is 32.1 Å². The molecule has 0 bridgehead atoms. The van der Waals surface area contributed by atoms with E-state index in [4.69, 9.17) is 0 Å². The number of rotatable bonds is 6. The van der Waals surface area contributed by atoms with Gasteiger partial charge in [0.25, 0.3) is 0 Å². The maximum Gasteiger partial charge on any atom is 0.225 e. The molecule has 2 aromatic heterocycles. The van der Waals surface area contributed by atoms with Gasteiger partial charge in [0, 0.05) is 12.6 Å². The van der Waals surface area contributed by atoms with Gasteiger partial charge in [0.1, 0.15) is 12.7 Å². The molecule has 0 spiro atoms. The lowest BCUT2D eigenvalue weighted by atomic mass is 10.3. The van der Waals surface area contributed by atoms with E-state index in [0.29, 0.717) is 24.3 Å². The lowest BCUT2D eigenvalue weighted by Gasteiger charge is -2.12. The van der Waals surface area contributed by atoms with Gasteiger partial charge in [-0.25, -0.2) is 23.1 Å². The molecule has 2 heterocycles. The summed E-state index contributed by atoms with van der Waals surface area (Å²) in [5.41, 5.74) is 0.464. The van der Waals surface area contributed by atoms with Crippen LogP contribution in [0, 0.1) is 0 Å². The summed E-state index contributed by atoms with van der Waals surface area (Å²) in [6, 6.07) is 3.37. The second-order valence-corrected chi connectivity index (χ2v) is 8.19. The second-order valence-electron chi connectivity index (χ2n) is 5.79. The number of hydrogen-bond donors (Lipinski definition) is 1. The first-order chi connectivity index (χ1) is 11.6. The van der Waals surface area contributed by atoms with E-state index < -0.39 is 9.84 Å². The van der Waals surface area contributed by atoms with E-state index in [-0.39, 0.29) is 23.3 Å². The highest BCUT2D eigenvalue weighted by atomic mass is 32.2. The Morgan fingerprint density at radius 2 is 2.12 bits per heavy atom. The Bertz CT molecular complexity index is 798. The number of sulfone groups is 1. The fraction of sp³-hybridized carbons (Fsp3) is 0.467. The highest BCUT2D eigenvalue weighted by Crippen LogP contribution is 2.25. The van der Waals surface area contributed by atoms with Gasteiger partial charge in [-0.2, -0.15) is 5.10 Å². The average Bonchev–Trinajstić information content (AvgIpc) is 3.27. The number of carbonyl (C=O) groups is 1. The third-order valence-electron chi connectivity index (χ3n) is 4.12. The van der Waals surface area contributed by atoms with Crippen molar-refractivity contribution in [1.29, 1.82) is 0 Å². The average molecular weight is 349 g/mol. The molecule has 1 aliphatic carbocycles. The Kier molecular flexibility index (Phi) is 4.89. The minimum atomic E-state index is -3.20. The first-order valence-electron chi connectivity index (χ1n) is 7.88. The van der Waals surface area contributed by atoms with Crippen molar-refractivity contribution in [2.75, 3.05) is 11.1 Å². The fourth-order valence-electron chi connectivity index (χ4n) is 2.86. The molecule has 0 aliphatic heterocycles. The van der Waals surface area contributed by atoms with Gasteiger partial charge in [0.2, 0.25) is 5.91 Å². The first-order valence-corrected chi connectivity index (χ1v) is 9.59. The number of nitrogens with zero attached hydrogens (tertiary/aromatic N) is 4. The van der Waals surface area contributed by atoms with E-state index in [9.17, 15) is 13.2 Å². The molecule has 0 unspecified atom stereocenters. The summed E-state index contributed by atoms with van der Waals surface area (Å²) in [6.07, 6.45) is 7.69. The Hall–Kier alpha value is -2.29. The zero-order valence-electron chi connectivity index (χ0n) is 13.1. The Balaban J connectivity index is 1.64. The van der Waals surface area contributed by atoms with Crippen LogP contribution in [-0.4, -0.2) is 45.1 Å². The number of hydrogen-bond acceptors (Lipinski definition) is 6. The fourth-order valence-corrected chi connectivity index (χ4v) is 4.71. The number of pyridine rings is 1. The van der Waals surface area contributed by atoms with E-state index >= 15 is 0 Å². The van der Waals surface area contributed by atoms with Crippen LogP contribution in [0.25, 0.3) is 5.82 Å². The zero-order valence-corrected chi connectivity index (χ0v) is 13.9. The maximum absolute atomic E-state index is 12.2. The molecule has 128 valence electrons. The van der Waals surface area contributed by atoms with Crippen molar-refractivity contribution in [2.45, 2.75) is 37.4 Å². The third kappa shape index (κ3) is 3.78. The molecule has 0 radical (unpaired) electrons. The second kappa shape index (κ2) is 7.08. The molecule has 9 heteroatoms. The largest absolute Gasteiger partial charge is 0.323 e. The summed E-state index contributed by atoms with van der Waals surface area (Å²) in [5, 5.41) is 6.41. The van der Waals surface area contributed by atoms with Gasteiger partial charge in [0.05, 0.1) is 16.7 Å². The predicted molar refractivity (Wildman–Crippen MR) is 88.4 cm³/mol. The van der Waals surface area contributed by atoms with E-state index in [1.54, 1.807) is 18.3 Å². The molecule has 1 N–H and O–H groups in total. The number of carbonyl (C=O) groups excluding carboxylic acids is 1. The Labute approximate surface area is 140 Å². The van der Waals surface area contributed by atoms with Gasteiger partial charge in [-0.3, -0.25) is 4.79 Å². The van der Waals surface area contributed by atoms with Crippen molar-refractivity contribution in [3.05, 3.63) is 31.0 Å². The molecule has 24 heavy (non-hydrogen) atoms. The smallest absolute Gasteiger partial charge is 0.225 e. The van der Waals surface area contributed by atoms with Gasteiger partial charge >= 0.3 is 0 Å². The predicted octanol–water partition coefficient (Wildman–Crippen LogP) is 1.35. The van der Waals surface area contributed by atoms with Gasteiger partial charge in [0.15, 0.2) is 15.7 Å². The van der Waals surface area contributed by atoms with Crippen LogP contribution in [0.3, 0.4) is 0 Å². The van der Waals surface area contributed by atoms with E-state index in [1.165, 1.54) is 17.3 Å². The molecule has 1 saturated carbocycles. The lowest BCUT2D eigenvalue weighted by molar-refractivity contribution is -0.115. The van der Waals surface area contributed by atoms with Crippen molar-refractivity contribution < 1.29 is 13.2 Å². The number of aromatic nitrogens is 4. The summed E-state index contributed by atoms with van der Waals surface area (Å²) in [7, 11) is -3.20. The molecular weight excluding hydrogens is 330 g/mol. The Morgan fingerprint density at radius 1 is 1.33 bits per heavy atom. The molecule has 0 atom stereocenters. The third-order valence-corrected chi connectivity index (χ3v) is 6.38. The van der Waals surface area contributed by atoms with Gasteiger partial charge in [-0.1, -0.05) is 12.8 Å². The molecule has 1 amide bonds. The zero-order chi connectivity index (χ0) is 17.0. The van der Waals surface area contributed by atoms with Crippen molar-refractivity contribution in [3.63, 3.8) is 0 Å². The van der Waals surface area contributed by atoms with Crippen molar-refractivity contribution in [3.8, 4) is 5.82 Å². The van der Waals surface area contributed by atoms with Crippen LogP contribution in [-0.2, 0) is 14.6 Å². The highest BCUT2D eigenvalue weighted by Gasteiger charge is 2.28. The van der Waals surface area contributed by atoms with Crippen LogP contribution in [0.2, 0.25) is 0 Å². The van der Waals surface area contributed by atoms with Gasteiger partial charge in [-0.15, -0.1) is 0 Å². The maximum atomic E-state index is 12.2. The molecule has 1 fully saturated rings. The summed E-state index contributed by atoms with van der Waals surface area (Å²) in [4.78, 5) is 20.2. The van der Waals surface area contributed by atoms with Gasteiger partial charge in [-0.05, 0) is 25.0 Å². The van der Waals surface area contributed by atoms with Crippen LogP contribution in [0.5, 0.6) is 0 Å². The first kappa shape index (κ1) is 16.6. The molecule has 1 aliphatic rings. The van der Waals surface area contributed by atoms with Crippen LogP contribution >= 0.6 is 0 Å². The molecule has 3 rings (SSSR count). The van der Waals surface area contributed by atoms with E-state index in [1.807, 2.05) is 0 Å². The minimum absolute atomic E-state index is 0.0650. The summed E-state index contributed by atoms with van der Waals surface area (Å²) in [6.45, 7) is 0. The van der Waals surface area contributed by atoms with Crippen molar-refractivity contribution >= 4 is 21.4 Å². The standard InChI is InChI=1S/C15H19N5O3S/c21-14(7-9-24(22,23)12-4-1-2-5-12)19-13-6-3-8-17-15(13)20-11-16-10-18-20/h3,6,8,10-12H,1-2,4-5,7,9H2,(H,19,21). The highest BCUT2D eigenvalue weighted by molar-refractivity contribution is 7.92. The summed E-state index contributed by atoms with van der Waals surface area (Å²) >= 11 is 0. The minimum Gasteiger partial charge on any atom is -0.323 e. The van der Waals surface area contributed by atoms with E-state index in [2.05, 4.69) is 20.4 Å². The van der Waals surface area contributed by atoms with Crippen molar-refractivity contribution in [2.24, 2.45) is 0 Å². The van der Waals surface area contributed by atoms with E-state index in [0.717, 1.165) is 12.8 Å². The molecule has 8 nitrogen and oxygen atoms in total. The van der Waals surface area contributed by atoms with Gasteiger partial charge < -0.3 is 5.32 Å². The lowest BCUT2D eigenvalue weighted by Crippen LogP contribution is -2.24. The normalized spacial score (nSPS) is 15.5. The van der Waals surface area contributed by atoms with Crippen LogP contribution in [0.4, 0.5) is 5.69 Å². The number of anilines is 1. The Morgan fingerprint density at radius 3 is 2.83 bits per heavy atom. The molecule has 2 aromatic rings. The molecule has 0 aromatic carbocycles. The number of nitrogens with one attached hydrogen (secondary N) is 1. The number of amides is 1. The summed E-state index contributed by atoms with van der Waals surface area (Å²) in [5.74, 6) is -0.0458. The topological polar surface area (TPSA) is 107 Å². The quantitative estimate of drug-likeness (QED) is 0.843.